The molecule has 3 heteroatoms. The van der Waals surface area contributed by atoms with Gasteiger partial charge < -0.3 is 4.90 Å². The predicted molar refractivity (Wildman–Crippen MR) is 78.1 cm³/mol. The molecule has 0 atom stereocenters. The molecule has 0 bridgehead atoms. The second-order valence-corrected chi connectivity index (χ2v) is 4.54. The molecule has 0 saturated heterocycles. The maximum atomic E-state index is 11.2. The molecule has 0 N–H and O–H groups in total. The van der Waals surface area contributed by atoms with E-state index < -0.39 is 0 Å². The van der Waals surface area contributed by atoms with Gasteiger partial charge in [0.1, 0.15) is 5.69 Å². The second-order valence-electron chi connectivity index (χ2n) is 4.54. The highest BCUT2D eigenvalue weighted by atomic mass is 16.1. The van der Waals surface area contributed by atoms with Gasteiger partial charge in [0.05, 0.1) is 11.9 Å². The molecule has 2 aromatic rings. The van der Waals surface area contributed by atoms with Crippen LogP contribution >= 0.6 is 0 Å². The fourth-order valence-electron chi connectivity index (χ4n) is 2.06. The Labute approximate surface area is 113 Å². The lowest BCUT2D eigenvalue weighted by atomic mass is 10.2. The molecule has 1 aromatic carbocycles. The topological polar surface area (TPSA) is 33.2 Å². The summed E-state index contributed by atoms with van der Waals surface area (Å²) < 4.78 is 0. The van der Waals surface area contributed by atoms with Crippen molar-refractivity contribution in [3.8, 4) is 0 Å². The lowest BCUT2D eigenvalue weighted by Gasteiger charge is -2.23. The molecule has 0 spiro atoms. The number of Topliss-reactive ketones (excluding diaryl/α,β-unsaturated/α-hetero) is 1. The quantitative estimate of drug-likeness (QED) is 0.779. The standard InChI is InChI=1S/C16H18N2O/c1-4-18(14-7-5-6-12(2)10-14)15-8-9-16(13(3)19)17-11-15/h5-11H,4H2,1-3H3. The number of rotatable bonds is 4. The summed E-state index contributed by atoms with van der Waals surface area (Å²) in [6, 6.07) is 12.1. The average Bonchev–Trinajstić information content (AvgIpc) is 2.40. The Morgan fingerprint density at radius 1 is 1.21 bits per heavy atom. The minimum Gasteiger partial charge on any atom is -0.341 e. The number of nitrogens with zero attached hydrogens (tertiary/aromatic N) is 2. The molecular formula is C16H18N2O. The van der Waals surface area contributed by atoms with Gasteiger partial charge in [-0.15, -0.1) is 0 Å². The number of ketones is 1. The Balaban J connectivity index is 2.34. The Kier molecular flexibility index (Phi) is 3.95. The first kappa shape index (κ1) is 13.3. The molecule has 98 valence electrons. The van der Waals surface area contributed by atoms with Crippen molar-refractivity contribution in [3.63, 3.8) is 0 Å². The molecule has 0 fully saturated rings. The van der Waals surface area contributed by atoms with Gasteiger partial charge >= 0.3 is 0 Å². The van der Waals surface area contributed by atoms with Crippen LogP contribution in [0, 0.1) is 6.92 Å². The van der Waals surface area contributed by atoms with Crippen molar-refractivity contribution in [2.45, 2.75) is 20.8 Å². The van der Waals surface area contributed by atoms with E-state index in [1.807, 2.05) is 12.1 Å². The largest absolute Gasteiger partial charge is 0.341 e. The summed E-state index contributed by atoms with van der Waals surface area (Å²) in [7, 11) is 0. The first-order valence-corrected chi connectivity index (χ1v) is 6.43. The molecule has 0 unspecified atom stereocenters. The number of carbonyl (C=O) groups is 1. The molecule has 1 aromatic heterocycles. The van der Waals surface area contributed by atoms with E-state index in [9.17, 15) is 4.79 Å². The molecule has 1 heterocycles. The highest BCUT2D eigenvalue weighted by Gasteiger charge is 2.08. The number of benzene rings is 1. The average molecular weight is 254 g/mol. The molecule has 0 amide bonds. The van der Waals surface area contributed by atoms with Crippen LogP contribution in [0.15, 0.2) is 42.6 Å². The zero-order valence-electron chi connectivity index (χ0n) is 11.6. The molecule has 0 radical (unpaired) electrons. The van der Waals surface area contributed by atoms with Crippen LogP contribution in [0.5, 0.6) is 0 Å². The third-order valence-electron chi connectivity index (χ3n) is 3.05. The molecule has 0 aliphatic rings. The lowest BCUT2D eigenvalue weighted by Crippen LogP contribution is -2.16. The Morgan fingerprint density at radius 2 is 2.00 bits per heavy atom. The van der Waals surface area contributed by atoms with Gasteiger partial charge in [-0.3, -0.25) is 9.78 Å². The van der Waals surface area contributed by atoms with Crippen LogP contribution in [0.3, 0.4) is 0 Å². The van der Waals surface area contributed by atoms with E-state index in [0.717, 1.165) is 17.9 Å². The lowest BCUT2D eigenvalue weighted by molar-refractivity contribution is 0.101. The highest BCUT2D eigenvalue weighted by molar-refractivity contribution is 5.92. The van der Waals surface area contributed by atoms with Crippen LogP contribution in [0.2, 0.25) is 0 Å². The van der Waals surface area contributed by atoms with Gasteiger partial charge in [-0.25, -0.2) is 0 Å². The van der Waals surface area contributed by atoms with E-state index in [4.69, 9.17) is 0 Å². The van der Waals surface area contributed by atoms with Gasteiger partial charge in [-0.1, -0.05) is 12.1 Å². The van der Waals surface area contributed by atoms with Crippen LogP contribution in [0.1, 0.15) is 29.9 Å². The van der Waals surface area contributed by atoms with E-state index in [2.05, 4.69) is 41.9 Å². The Hall–Kier alpha value is -2.16. The SMILES string of the molecule is CCN(c1ccc(C(C)=O)nc1)c1cccc(C)c1. The summed E-state index contributed by atoms with van der Waals surface area (Å²) >= 11 is 0. The van der Waals surface area contributed by atoms with Gasteiger partial charge in [0, 0.05) is 19.2 Å². The van der Waals surface area contributed by atoms with Crippen molar-refractivity contribution in [1.82, 2.24) is 4.98 Å². The summed E-state index contributed by atoms with van der Waals surface area (Å²) in [6.07, 6.45) is 1.75. The van der Waals surface area contributed by atoms with Crippen molar-refractivity contribution in [1.29, 1.82) is 0 Å². The summed E-state index contributed by atoms with van der Waals surface area (Å²) in [5, 5.41) is 0. The fraction of sp³-hybridized carbons (Fsp3) is 0.250. The van der Waals surface area contributed by atoms with Gasteiger partial charge in [0.2, 0.25) is 0 Å². The summed E-state index contributed by atoms with van der Waals surface area (Å²) in [4.78, 5) is 17.6. The third kappa shape index (κ3) is 2.99. The Bertz CT molecular complexity index is 576. The molecule has 2 rings (SSSR count). The van der Waals surface area contributed by atoms with Crippen molar-refractivity contribution in [2.24, 2.45) is 0 Å². The number of pyridine rings is 1. The zero-order chi connectivity index (χ0) is 13.8. The molecule has 19 heavy (non-hydrogen) atoms. The predicted octanol–water partition coefficient (Wildman–Crippen LogP) is 3.75. The number of carbonyl (C=O) groups excluding carboxylic acids is 1. The van der Waals surface area contributed by atoms with Crippen LogP contribution in [-0.4, -0.2) is 17.3 Å². The van der Waals surface area contributed by atoms with Crippen LogP contribution in [0.4, 0.5) is 11.4 Å². The first-order chi connectivity index (χ1) is 9.11. The van der Waals surface area contributed by atoms with Gasteiger partial charge in [0.15, 0.2) is 5.78 Å². The zero-order valence-corrected chi connectivity index (χ0v) is 11.6. The van der Waals surface area contributed by atoms with Crippen molar-refractivity contribution in [3.05, 3.63) is 53.9 Å². The van der Waals surface area contributed by atoms with E-state index in [1.165, 1.54) is 12.5 Å². The fourth-order valence-corrected chi connectivity index (χ4v) is 2.06. The summed E-state index contributed by atoms with van der Waals surface area (Å²) in [6.45, 7) is 6.56. The van der Waals surface area contributed by atoms with E-state index in [1.54, 1.807) is 12.3 Å². The second kappa shape index (κ2) is 5.65. The van der Waals surface area contributed by atoms with Crippen LogP contribution in [0.25, 0.3) is 0 Å². The highest BCUT2D eigenvalue weighted by Crippen LogP contribution is 2.25. The number of aryl methyl sites for hydroxylation is 1. The molecule has 0 aliphatic carbocycles. The molecule has 0 aliphatic heterocycles. The van der Waals surface area contributed by atoms with Gasteiger partial charge in [0.25, 0.3) is 0 Å². The molecule has 0 saturated carbocycles. The number of aromatic nitrogens is 1. The summed E-state index contributed by atoms with van der Waals surface area (Å²) in [5.41, 5.74) is 3.87. The number of anilines is 2. The molecule has 3 nitrogen and oxygen atoms in total. The smallest absolute Gasteiger partial charge is 0.178 e. The number of hydrogen-bond acceptors (Lipinski definition) is 3. The van der Waals surface area contributed by atoms with Crippen LogP contribution < -0.4 is 4.90 Å². The van der Waals surface area contributed by atoms with Crippen molar-refractivity contribution < 1.29 is 4.79 Å². The van der Waals surface area contributed by atoms with Crippen molar-refractivity contribution in [2.75, 3.05) is 11.4 Å². The third-order valence-corrected chi connectivity index (χ3v) is 3.05. The first-order valence-electron chi connectivity index (χ1n) is 6.43. The maximum absolute atomic E-state index is 11.2. The normalized spacial score (nSPS) is 10.3. The maximum Gasteiger partial charge on any atom is 0.178 e. The minimum atomic E-state index is -0.00912. The number of hydrogen-bond donors (Lipinski definition) is 0. The minimum absolute atomic E-state index is 0.00912. The Morgan fingerprint density at radius 3 is 2.53 bits per heavy atom. The van der Waals surface area contributed by atoms with Crippen molar-refractivity contribution >= 4 is 17.2 Å². The van der Waals surface area contributed by atoms with E-state index >= 15 is 0 Å². The van der Waals surface area contributed by atoms with Gasteiger partial charge in [-0.2, -0.15) is 0 Å². The van der Waals surface area contributed by atoms with E-state index in [-0.39, 0.29) is 5.78 Å². The van der Waals surface area contributed by atoms with Gasteiger partial charge in [-0.05, 0) is 43.7 Å². The molecular weight excluding hydrogens is 236 g/mol. The van der Waals surface area contributed by atoms with E-state index in [0.29, 0.717) is 5.69 Å². The monoisotopic (exact) mass is 254 g/mol. The van der Waals surface area contributed by atoms with Crippen LogP contribution in [-0.2, 0) is 0 Å². The summed E-state index contributed by atoms with van der Waals surface area (Å²) in [5.74, 6) is -0.00912.